The molecule has 3 aromatic rings. The second-order valence-electron chi connectivity index (χ2n) is 8.89. The lowest BCUT2D eigenvalue weighted by atomic mass is 9.89. The first-order chi connectivity index (χ1) is 15.3. The van der Waals surface area contributed by atoms with Crippen LogP contribution in [0.15, 0.2) is 30.5 Å². The van der Waals surface area contributed by atoms with Crippen LogP contribution in [0, 0.1) is 17.6 Å². The monoisotopic (exact) mass is 449 g/mol. The van der Waals surface area contributed by atoms with Crippen molar-refractivity contribution >= 4 is 5.65 Å². The molecule has 1 aliphatic heterocycles. The Morgan fingerprint density at radius 1 is 0.969 bits per heavy atom. The first-order valence-corrected chi connectivity index (χ1v) is 10.9. The Labute approximate surface area is 182 Å². The zero-order chi connectivity index (χ0) is 22.5. The second kappa shape index (κ2) is 8.10. The van der Waals surface area contributed by atoms with Crippen LogP contribution >= 0.6 is 0 Å². The van der Waals surface area contributed by atoms with Crippen LogP contribution in [0.5, 0.6) is 0 Å². The van der Waals surface area contributed by atoms with Gasteiger partial charge in [0.05, 0.1) is 0 Å². The molecule has 0 bridgehead atoms. The van der Waals surface area contributed by atoms with Crippen molar-refractivity contribution < 1.29 is 22.0 Å². The van der Waals surface area contributed by atoms with Gasteiger partial charge in [-0.15, -0.1) is 10.2 Å². The number of hydrogen-bond donors (Lipinski definition) is 0. The number of fused-ring (bicyclic) bond motifs is 1. The molecule has 0 amide bonds. The van der Waals surface area contributed by atoms with Crippen molar-refractivity contribution in [2.75, 3.05) is 13.1 Å². The fraction of sp³-hybridized carbons (Fsp3) is 0.478. The van der Waals surface area contributed by atoms with Crippen LogP contribution in [-0.2, 0) is 19.1 Å². The van der Waals surface area contributed by atoms with Crippen LogP contribution in [0.3, 0.4) is 0 Å². The molecule has 170 valence electrons. The first-order valence-electron chi connectivity index (χ1n) is 10.9. The topological polar surface area (TPSA) is 33.4 Å². The highest BCUT2D eigenvalue weighted by Crippen LogP contribution is 2.38. The Kier molecular flexibility index (Phi) is 5.39. The van der Waals surface area contributed by atoms with E-state index < -0.39 is 23.4 Å². The molecule has 1 aromatic carbocycles. The molecule has 2 aromatic heterocycles. The molecule has 2 aliphatic rings. The summed E-state index contributed by atoms with van der Waals surface area (Å²) in [7, 11) is 0. The highest BCUT2D eigenvalue weighted by Gasteiger charge is 2.38. The van der Waals surface area contributed by atoms with Gasteiger partial charge in [-0.25, -0.2) is 8.78 Å². The molecule has 3 heterocycles. The van der Waals surface area contributed by atoms with Crippen LogP contribution in [0.2, 0.25) is 0 Å². The number of hydrogen-bond acceptors (Lipinski definition) is 3. The smallest absolute Gasteiger partial charge is 0.299 e. The van der Waals surface area contributed by atoms with Crippen molar-refractivity contribution in [3.63, 3.8) is 0 Å². The third kappa shape index (κ3) is 4.22. The molecule has 2 fully saturated rings. The van der Waals surface area contributed by atoms with E-state index in [9.17, 15) is 22.0 Å². The summed E-state index contributed by atoms with van der Waals surface area (Å²) in [6, 6.07) is 5.10. The van der Waals surface area contributed by atoms with Gasteiger partial charge < -0.3 is 0 Å². The van der Waals surface area contributed by atoms with Gasteiger partial charge in [0.1, 0.15) is 23.0 Å². The number of likely N-dealkylation sites (tertiary alicyclic amines) is 1. The van der Waals surface area contributed by atoms with Gasteiger partial charge >= 0.3 is 6.18 Å². The summed E-state index contributed by atoms with van der Waals surface area (Å²) in [5, 5.41) is 7.92. The number of nitrogens with zero attached hydrogens (tertiary/aromatic N) is 4. The average Bonchev–Trinajstić information content (AvgIpc) is 3.46. The molecule has 5 rings (SSSR count). The number of piperidine rings is 1. The minimum absolute atomic E-state index is 0.0714. The van der Waals surface area contributed by atoms with Crippen LogP contribution in [-0.4, -0.2) is 32.6 Å². The highest BCUT2D eigenvalue weighted by atomic mass is 19.4. The largest absolute Gasteiger partial charge is 0.420 e. The molecule has 1 aliphatic carbocycles. The zero-order valence-electron chi connectivity index (χ0n) is 17.4. The van der Waals surface area contributed by atoms with E-state index in [4.69, 9.17) is 0 Å². The fourth-order valence-electron chi connectivity index (χ4n) is 4.68. The maximum Gasteiger partial charge on any atom is 0.420 e. The molecule has 1 saturated heterocycles. The first kappa shape index (κ1) is 21.3. The molecule has 9 heteroatoms. The van der Waals surface area contributed by atoms with Crippen molar-refractivity contribution in [3.05, 3.63) is 64.6 Å². The number of alkyl halides is 3. The Morgan fingerprint density at radius 2 is 1.72 bits per heavy atom. The van der Waals surface area contributed by atoms with E-state index in [0.29, 0.717) is 49.7 Å². The van der Waals surface area contributed by atoms with Gasteiger partial charge in [-0.1, -0.05) is 6.07 Å². The normalized spacial score (nSPS) is 18.5. The zero-order valence-corrected chi connectivity index (χ0v) is 17.4. The summed E-state index contributed by atoms with van der Waals surface area (Å²) in [6.45, 7) is 1.20. The van der Waals surface area contributed by atoms with Gasteiger partial charge in [0.15, 0.2) is 5.65 Å². The van der Waals surface area contributed by atoms with Crippen molar-refractivity contribution in [2.24, 2.45) is 5.92 Å². The maximum absolute atomic E-state index is 14.1. The van der Waals surface area contributed by atoms with Gasteiger partial charge in [-0.3, -0.25) is 9.30 Å². The van der Waals surface area contributed by atoms with E-state index in [0.717, 1.165) is 18.9 Å². The van der Waals surface area contributed by atoms with Crippen LogP contribution < -0.4 is 0 Å². The number of pyridine rings is 1. The molecule has 0 atom stereocenters. The van der Waals surface area contributed by atoms with Crippen molar-refractivity contribution in [2.45, 2.75) is 50.7 Å². The standard InChI is InChI=1S/C23H23F5N4/c24-17-3-4-18(19(25)12-17)15-5-8-31(9-6-15)13-16-7-10-32-20(11-14-1-2-14)29-30-22(32)21(16)23(26,27)28/h3-4,7,10,12,14-15H,1-2,5-6,8-9,11,13H2/i24-1. The molecule has 0 radical (unpaired) electrons. The second-order valence-corrected chi connectivity index (χ2v) is 8.89. The van der Waals surface area contributed by atoms with E-state index in [1.54, 1.807) is 6.20 Å². The van der Waals surface area contributed by atoms with E-state index >= 15 is 0 Å². The van der Waals surface area contributed by atoms with Crippen LogP contribution in [0.25, 0.3) is 5.65 Å². The lowest BCUT2D eigenvalue weighted by molar-refractivity contribution is -0.137. The third-order valence-corrected chi connectivity index (χ3v) is 6.57. The molecule has 32 heavy (non-hydrogen) atoms. The Hall–Kier alpha value is -2.55. The molecule has 0 spiro atoms. The van der Waals surface area contributed by atoms with Gasteiger partial charge in [-0.05, 0) is 73.9 Å². The number of rotatable bonds is 5. The summed E-state index contributed by atoms with van der Waals surface area (Å²) in [5.41, 5.74) is -0.243. The predicted molar refractivity (Wildman–Crippen MR) is 108 cm³/mol. The lowest BCUT2D eigenvalue weighted by Gasteiger charge is -2.33. The van der Waals surface area contributed by atoms with E-state index in [-0.39, 0.29) is 23.7 Å². The molecule has 1 saturated carbocycles. The van der Waals surface area contributed by atoms with Crippen LogP contribution in [0.4, 0.5) is 22.0 Å². The van der Waals surface area contributed by atoms with E-state index in [2.05, 4.69) is 10.2 Å². The Bertz CT molecular complexity index is 1130. The van der Waals surface area contributed by atoms with Gasteiger partial charge in [-0.2, -0.15) is 13.2 Å². The van der Waals surface area contributed by atoms with Gasteiger partial charge in [0.2, 0.25) is 0 Å². The van der Waals surface area contributed by atoms with Crippen molar-refractivity contribution in [3.8, 4) is 0 Å². The number of aromatic nitrogens is 3. The van der Waals surface area contributed by atoms with Gasteiger partial charge in [0.25, 0.3) is 0 Å². The third-order valence-electron chi connectivity index (χ3n) is 6.57. The average molecular weight is 449 g/mol. The molecular formula is C23H23F5N4. The summed E-state index contributed by atoms with van der Waals surface area (Å²) in [4.78, 5) is 1.94. The summed E-state index contributed by atoms with van der Waals surface area (Å²) >= 11 is 0. The van der Waals surface area contributed by atoms with E-state index in [1.165, 1.54) is 22.6 Å². The Morgan fingerprint density at radius 3 is 2.38 bits per heavy atom. The molecule has 0 unspecified atom stereocenters. The number of halogens is 5. The van der Waals surface area contributed by atoms with Crippen molar-refractivity contribution in [1.82, 2.24) is 19.5 Å². The van der Waals surface area contributed by atoms with Crippen LogP contribution in [0.1, 0.15) is 54.1 Å². The van der Waals surface area contributed by atoms with Gasteiger partial charge in [0, 0.05) is 25.2 Å². The minimum Gasteiger partial charge on any atom is -0.299 e. The SMILES string of the molecule is Fc1cc([18F])ccc1C1CCN(Cc2ccn3c(CC4CC4)nnc3c2C(F)(F)F)CC1. The summed E-state index contributed by atoms with van der Waals surface area (Å²) in [6.07, 6.45) is 1.10. The maximum atomic E-state index is 14.1. The minimum atomic E-state index is -4.54. The van der Waals surface area contributed by atoms with E-state index in [1.807, 2.05) is 4.90 Å². The molecule has 0 N–H and O–H groups in total. The van der Waals surface area contributed by atoms with Crippen molar-refractivity contribution in [1.29, 1.82) is 0 Å². The molecular weight excluding hydrogens is 426 g/mol. The lowest BCUT2D eigenvalue weighted by Crippen LogP contribution is -2.33. The molecule has 4 nitrogen and oxygen atoms in total. The number of benzene rings is 1. The highest BCUT2D eigenvalue weighted by molar-refractivity contribution is 5.53. The predicted octanol–water partition coefficient (Wildman–Crippen LogP) is 5.36. The quantitative estimate of drug-likeness (QED) is 0.492. The fourth-order valence-corrected chi connectivity index (χ4v) is 4.68. The Balaban J connectivity index is 1.35. The summed E-state index contributed by atoms with van der Waals surface area (Å²) in [5.74, 6) is -0.196. The summed E-state index contributed by atoms with van der Waals surface area (Å²) < 4.78 is 70.8.